The minimum Gasteiger partial charge on any atom is -0.494 e. The smallest absolute Gasteiger partial charge is 0.320 e. The normalized spacial score (nSPS) is 17.4. The third kappa shape index (κ3) is 3.86. The Bertz CT molecular complexity index is 896. The van der Waals surface area contributed by atoms with Crippen LogP contribution in [0.15, 0.2) is 29.1 Å². The van der Waals surface area contributed by atoms with E-state index >= 15 is 0 Å². The van der Waals surface area contributed by atoms with Crippen LogP contribution in [0, 0.1) is 0 Å². The lowest BCUT2D eigenvalue weighted by atomic mass is 10.1. The van der Waals surface area contributed by atoms with Gasteiger partial charge in [-0.2, -0.15) is 0 Å². The van der Waals surface area contributed by atoms with Crippen LogP contribution in [-0.2, 0) is 6.54 Å². The Kier molecular flexibility index (Phi) is 5.55. The van der Waals surface area contributed by atoms with E-state index in [4.69, 9.17) is 4.74 Å². The van der Waals surface area contributed by atoms with Crippen LogP contribution in [0.1, 0.15) is 51.0 Å². The molecule has 0 atom stereocenters. The molecule has 2 amide bonds. The second kappa shape index (κ2) is 8.25. The Morgan fingerprint density at radius 1 is 1.18 bits per heavy atom. The van der Waals surface area contributed by atoms with E-state index in [1.807, 2.05) is 41.0 Å². The minimum absolute atomic E-state index is 0.0898. The largest absolute Gasteiger partial charge is 0.494 e. The van der Waals surface area contributed by atoms with E-state index in [1.165, 1.54) is 0 Å². The molecule has 2 fully saturated rings. The van der Waals surface area contributed by atoms with Crippen molar-refractivity contribution in [3.05, 3.63) is 40.2 Å². The van der Waals surface area contributed by atoms with Gasteiger partial charge in [-0.1, -0.05) is 12.8 Å². The number of hydrogen-bond acceptors (Lipinski definition) is 3. The van der Waals surface area contributed by atoms with Gasteiger partial charge in [-0.15, -0.1) is 0 Å². The van der Waals surface area contributed by atoms with Crippen LogP contribution in [-0.4, -0.2) is 46.6 Å². The van der Waals surface area contributed by atoms with E-state index in [9.17, 15) is 9.59 Å². The zero-order valence-corrected chi connectivity index (χ0v) is 16.6. The van der Waals surface area contributed by atoms with Crippen molar-refractivity contribution in [1.29, 1.82) is 0 Å². The topological polar surface area (TPSA) is 65.6 Å². The molecule has 1 saturated carbocycles. The molecule has 2 aromatic rings. The molecule has 4 rings (SSSR count). The van der Waals surface area contributed by atoms with Crippen LogP contribution < -0.4 is 10.3 Å². The number of aromatic nitrogens is 1. The van der Waals surface area contributed by atoms with Gasteiger partial charge in [0.05, 0.1) is 13.2 Å². The van der Waals surface area contributed by atoms with Crippen LogP contribution in [0.2, 0.25) is 0 Å². The van der Waals surface area contributed by atoms with Gasteiger partial charge in [-0.25, -0.2) is 4.79 Å². The molecule has 1 aromatic carbocycles. The Labute approximate surface area is 165 Å². The lowest BCUT2D eigenvalue weighted by Gasteiger charge is -2.32. The average molecular weight is 383 g/mol. The number of aromatic amines is 1. The van der Waals surface area contributed by atoms with Gasteiger partial charge in [0, 0.05) is 35.6 Å². The van der Waals surface area contributed by atoms with Crippen molar-refractivity contribution >= 4 is 16.9 Å². The summed E-state index contributed by atoms with van der Waals surface area (Å²) in [5.41, 5.74) is 1.31. The first-order valence-corrected chi connectivity index (χ1v) is 10.5. The quantitative estimate of drug-likeness (QED) is 0.852. The first-order chi connectivity index (χ1) is 13.7. The number of carbonyl (C=O) groups is 1. The van der Waals surface area contributed by atoms with Crippen LogP contribution in [0.4, 0.5) is 4.79 Å². The SMILES string of the molecule is CCOc1ccc2[nH]c(=O)c(CN(C(=O)N3CCCC3)C3CCCC3)cc2c1. The number of benzene rings is 1. The molecule has 1 aliphatic heterocycles. The fraction of sp³-hybridized carbons (Fsp3) is 0.545. The van der Waals surface area contributed by atoms with Crippen LogP contribution in [0.25, 0.3) is 10.9 Å². The summed E-state index contributed by atoms with van der Waals surface area (Å²) >= 11 is 0. The molecule has 1 saturated heterocycles. The Morgan fingerprint density at radius 2 is 1.93 bits per heavy atom. The maximum Gasteiger partial charge on any atom is 0.320 e. The summed E-state index contributed by atoms with van der Waals surface area (Å²) in [6.07, 6.45) is 6.50. The van der Waals surface area contributed by atoms with Gasteiger partial charge >= 0.3 is 6.03 Å². The molecule has 2 heterocycles. The molecule has 2 aliphatic rings. The standard InChI is InChI=1S/C22H29N3O3/c1-2-28-19-9-10-20-16(14-19)13-17(21(26)23-20)15-25(18-7-3-4-8-18)22(27)24-11-5-6-12-24/h9-10,13-14,18H,2-8,11-12,15H2,1H3,(H,23,26). The fourth-order valence-corrected chi connectivity index (χ4v) is 4.45. The number of urea groups is 1. The van der Waals surface area contributed by atoms with E-state index in [1.54, 1.807) is 0 Å². The Morgan fingerprint density at radius 3 is 2.64 bits per heavy atom. The number of hydrogen-bond donors (Lipinski definition) is 1. The van der Waals surface area contributed by atoms with Gasteiger partial charge in [0.2, 0.25) is 0 Å². The number of amides is 2. The number of ether oxygens (including phenoxy) is 1. The van der Waals surface area contributed by atoms with E-state index in [2.05, 4.69) is 4.98 Å². The molecule has 6 nitrogen and oxygen atoms in total. The predicted octanol–water partition coefficient (Wildman–Crippen LogP) is 3.89. The van der Waals surface area contributed by atoms with E-state index in [-0.39, 0.29) is 17.6 Å². The molecule has 0 unspecified atom stereocenters. The lowest BCUT2D eigenvalue weighted by Crippen LogP contribution is -2.46. The molecule has 0 spiro atoms. The summed E-state index contributed by atoms with van der Waals surface area (Å²) in [6.45, 7) is 4.57. The van der Waals surface area contributed by atoms with Gasteiger partial charge in [0.25, 0.3) is 5.56 Å². The molecule has 6 heteroatoms. The van der Waals surface area contributed by atoms with Gasteiger partial charge in [-0.3, -0.25) is 4.79 Å². The van der Waals surface area contributed by atoms with E-state index in [0.29, 0.717) is 18.7 Å². The van der Waals surface area contributed by atoms with Crippen molar-refractivity contribution in [3.8, 4) is 5.75 Å². The monoisotopic (exact) mass is 383 g/mol. The molecule has 1 aromatic heterocycles. The zero-order valence-electron chi connectivity index (χ0n) is 16.6. The number of fused-ring (bicyclic) bond motifs is 1. The highest BCUT2D eigenvalue weighted by atomic mass is 16.5. The molecule has 1 aliphatic carbocycles. The van der Waals surface area contributed by atoms with Crippen molar-refractivity contribution < 1.29 is 9.53 Å². The number of likely N-dealkylation sites (tertiary alicyclic amines) is 1. The first-order valence-electron chi connectivity index (χ1n) is 10.5. The van der Waals surface area contributed by atoms with Crippen molar-refractivity contribution in [2.75, 3.05) is 19.7 Å². The zero-order chi connectivity index (χ0) is 19.5. The Balaban J connectivity index is 1.64. The summed E-state index contributed by atoms with van der Waals surface area (Å²) < 4.78 is 5.59. The van der Waals surface area contributed by atoms with E-state index < -0.39 is 0 Å². The van der Waals surface area contributed by atoms with Gasteiger partial charge in [0.1, 0.15) is 5.75 Å². The predicted molar refractivity (Wildman–Crippen MR) is 110 cm³/mol. The summed E-state index contributed by atoms with van der Waals surface area (Å²) in [5.74, 6) is 0.786. The molecule has 28 heavy (non-hydrogen) atoms. The lowest BCUT2D eigenvalue weighted by molar-refractivity contribution is 0.138. The van der Waals surface area contributed by atoms with Crippen LogP contribution >= 0.6 is 0 Å². The maximum absolute atomic E-state index is 13.2. The van der Waals surface area contributed by atoms with Gasteiger partial charge in [-0.05, 0) is 56.9 Å². The van der Waals surface area contributed by atoms with Gasteiger partial charge in [0.15, 0.2) is 0 Å². The number of rotatable bonds is 5. The third-order valence-corrected chi connectivity index (χ3v) is 5.93. The fourth-order valence-electron chi connectivity index (χ4n) is 4.45. The molecular weight excluding hydrogens is 354 g/mol. The van der Waals surface area contributed by atoms with Crippen molar-refractivity contribution in [2.24, 2.45) is 0 Å². The highest BCUT2D eigenvalue weighted by Gasteiger charge is 2.31. The van der Waals surface area contributed by atoms with Crippen molar-refractivity contribution in [1.82, 2.24) is 14.8 Å². The van der Waals surface area contributed by atoms with Crippen molar-refractivity contribution in [3.63, 3.8) is 0 Å². The number of nitrogens with zero attached hydrogens (tertiary/aromatic N) is 2. The number of pyridine rings is 1. The maximum atomic E-state index is 13.2. The summed E-state index contributed by atoms with van der Waals surface area (Å²) in [4.78, 5) is 32.7. The van der Waals surface area contributed by atoms with Gasteiger partial charge < -0.3 is 19.5 Å². The molecule has 150 valence electrons. The molecule has 0 bridgehead atoms. The minimum atomic E-state index is -0.117. The highest BCUT2D eigenvalue weighted by molar-refractivity contribution is 5.81. The number of carbonyl (C=O) groups excluding carboxylic acids is 1. The second-order valence-electron chi connectivity index (χ2n) is 7.85. The van der Waals surface area contributed by atoms with E-state index in [0.717, 1.165) is 68.3 Å². The third-order valence-electron chi connectivity index (χ3n) is 5.93. The first kappa shape index (κ1) is 18.8. The average Bonchev–Trinajstić information content (AvgIpc) is 3.40. The Hall–Kier alpha value is -2.50. The molecular formula is C22H29N3O3. The summed E-state index contributed by atoms with van der Waals surface area (Å²) in [5, 5.41) is 0.931. The number of H-pyrrole nitrogens is 1. The highest BCUT2D eigenvalue weighted by Crippen LogP contribution is 2.27. The summed E-state index contributed by atoms with van der Waals surface area (Å²) in [7, 11) is 0. The molecule has 1 N–H and O–H groups in total. The van der Waals surface area contributed by atoms with Crippen molar-refractivity contribution in [2.45, 2.75) is 58.0 Å². The van der Waals surface area contributed by atoms with Crippen LogP contribution in [0.3, 0.4) is 0 Å². The van der Waals surface area contributed by atoms with Crippen LogP contribution in [0.5, 0.6) is 5.75 Å². The second-order valence-corrected chi connectivity index (χ2v) is 7.85. The summed E-state index contributed by atoms with van der Waals surface area (Å²) in [6, 6.07) is 7.92. The molecule has 0 radical (unpaired) electrons. The number of nitrogens with one attached hydrogen (secondary N) is 1.